The molecule has 9 heteroatoms. The molecule has 0 heterocycles. The molecule has 0 amide bonds. The van der Waals surface area contributed by atoms with Gasteiger partial charge in [-0.05, 0) is 13.8 Å². The van der Waals surface area contributed by atoms with Gasteiger partial charge in [0.25, 0.3) is 0 Å². The van der Waals surface area contributed by atoms with Crippen molar-refractivity contribution in [1.29, 1.82) is 0 Å². The van der Waals surface area contributed by atoms with Crippen LogP contribution < -0.4 is 10.6 Å². The molecular weight excluding hydrogens is 390 g/mol. The van der Waals surface area contributed by atoms with E-state index in [4.69, 9.17) is 4.74 Å². The number of hydrogen-bond donors (Lipinski definition) is 2. The number of guanidine groups is 1. The van der Waals surface area contributed by atoms with Crippen molar-refractivity contribution in [1.82, 2.24) is 10.6 Å². The van der Waals surface area contributed by atoms with Crippen molar-refractivity contribution < 1.29 is 22.7 Å². The van der Waals surface area contributed by atoms with E-state index in [0.717, 1.165) is 0 Å². The number of esters is 1. The minimum Gasteiger partial charge on any atom is -0.463 e. The van der Waals surface area contributed by atoms with Crippen molar-refractivity contribution in [3.63, 3.8) is 0 Å². The molecular formula is C11H21F3IN3O2. The van der Waals surface area contributed by atoms with Crippen molar-refractivity contribution in [3.05, 3.63) is 0 Å². The smallest absolute Gasteiger partial charge is 0.390 e. The molecule has 2 N–H and O–H groups in total. The standard InChI is InChI=1S/C11H20F3N3O2.HI/c1-8(2)19-9(18)4-6-16-10(15-3)17-7-5-11(12,13)14;/h8H,4-7H2,1-3H3,(H2,15,16,17);1H. The van der Waals surface area contributed by atoms with E-state index in [9.17, 15) is 18.0 Å². The first-order valence-electron chi connectivity index (χ1n) is 5.95. The Bertz CT molecular complexity index is 310. The first kappa shape index (κ1) is 21.6. The summed E-state index contributed by atoms with van der Waals surface area (Å²) in [5.41, 5.74) is 0. The van der Waals surface area contributed by atoms with Gasteiger partial charge in [-0.3, -0.25) is 9.79 Å². The highest BCUT2D eigenvalue weighted by atomic mass is 127. The minimum atomic E-state index is -4.20. The molecule has 0 aliphatic heterocycles. The van der Waals surface area contributed by atoms with Crippen LogP contribution in [0.1, 0.15) is 26.7 Å². The van der Waals surface area contributed by atoms with Gasteiger partial charge in [-0.1, -0.05) is 0 Å². The highest BCUT2D eigenvalue weighted by molar-refractivity contribution is 14.0. The molecule has 0 radical (unpaired) electrons. The van der Waals surface area contributed by atoms with E-state index in [2.05, 4.69) is 15.6 Å². The van der Waals surface area contributed by atoms with Gasteiger partial charge in [-0.15, -0.1) is 24.0 Å². The monoisotopic (exact) mass is 411 g/mol. The average Bonchev–Trinajstić information content (AvgIpc) is 2.24. The Kier molecular flexibility index (Phi) is 11.8. The molecule has 0 aromatic heterocycles. The predicted octanol–water partition coefficient (Wildman–Crippen LogP) is 2.06. The normalized spacial score (nSPS) is 11.8. The van der Waals surface area contributed by atoms with E-state index < -0.39 is 12.6 Å². The summed E-state index contributed by atoms with van der Waals surface area (Å²) in [5.74, 6) is -0.144. The Morgan fingerprint density at radius 2 is 1.80 bits per heavy atom. The van der Waals surface area contributed by atoms with E-state index in [0.29, 0.717) is 0 Å². The van der Waals surface area contributed by atoms with Crippen molar-refractivity contribution in [2.24, 2.45) is 4.99 Å². The zero-order valence-electron chi connectivity index (χ0n) is 11.7. The van der Waals surface area contributed by atoms with Crippen LogP contribution in [0, 0.1) is 0 Å². The maximum absolute atomic E-state index is 11.9. The molecule has 0 aliphatic rings. The van der Waals surface area contributed by atoms with Gasteiger partial charge >= 0.3 is 12.1 Å². The Morgan fingerprint density at radius 3 is 2.25 bits per heavy atom. The maximum Gasteiger partial charge on any atom is 0.390 e. The second-order valence-corrected chi connectivity index (χ2v) is 4.08. The third kappa shape index (κ3) is 13.7. The Hall–Kier alpha value is -0.740. The second kappa shape index (κ2) is 11.0. The van der Waals surface area contributed by atoms with Gasteiger partial charge < -0.3 is 15.4 Å². The Labute approximate surface area is 133 Å². The van der Waals surface area contributed by atoms with Gasteiger partial charge in [0.05, 0.1) is 18.9 Å². The number of ether oxygens (including phenoxy) is 1. The van der Waals surface area contributed by atoms with Gasteiger partial charge in [-0.25, -0.2) is 0 Å². The van der Waals surface area contributed by atoms with Crippen LogP contribution in [0.3, 0.4) is 0 Å². The largest absolute Gasteiger partial charge is 0.463 e. The summed E-state index contributed by atoms with van der Waals surface area (Å²) in [7, 11) is 1.44. The van der Waals surface area contributed by atoms with E-state index in [1.165, 1.54) is 7.05 Å². The van der Waals surface area contributed by atoms with Gasteiger partial charge in [0, 0.05) is 20.1 Å². The number of rotatable bonds is 6. The zero-order valence-corrected chi connectivity index (χ0v) is 14.0. The number of carbonyl (C=O) groups is 1. The third-order valence-electron chi connectivity index (χ3n) is 1.91. The van der Waals surface area contributed by atoms with E-state index in [1.54, 1.807) is 13.8 Å². The van der Waals surface area contributed by atoms with Gasteiger partial charge in [0.2, 0.25) is 0 Å². The summed E-state index contributed by atoms with van der Waals surface area (Å²) in [5, 5.41) is 5.24. The van der Waals surface area contributed by atoms with Crippen LogP contribution in [0.15, 0.2) is 4.99 Å². The Morgan fingerprint density at radius 1 is 1.25 bits per heavy atom. The van der Waals surface area contributed by atoms with Crippen molar-refractivity contribution in [2.75, 3.05) is 20.1 Å². The van der Waals surface area contributed by atoms with Crippen molar-refractivity contribution >= 4 is 35.9 Å². The van der Waals surface area contributed by atoms with E-state index in [1.807, 2.05) is 0 Å². The molecule has 0 bridgehead atoms. The number of hydrogen-bond acceptors (Lipinski definition) is 3. The number of halogens is 4. The van der Waals surface area contributed by atoms with Gasteiger partial charge in [0.1, 0.15) is 0 Å². The lowest BCUT2D eigenvalue weighted by molar-refractivity contribution is -0.147. The Balaban J connectivity index is 0. The first-order valence-corrected chi connectivity index (χ1v) is 5.95. The molecule has 5 nitrogen and oxygen atoms in total. The van der Waals surface area contributed by atoms with E-state index in [-0.39, 0.29) is 61.5 Å². The van der Waals surface area contributed by atoms with Crippen LogP contribution in [0.2, 0.25) is 0 Å². The fraction of sp³-hybridized carbons (Fsp3) is 0.818. The number of nitrogens with one attached hydrogen (secondary N) is 2. The van der Waals surface area contributed by atoms with E-state index >= 15 is 0 Å². The topological polar surface area (TPSA) is 62.7 Å². The molecule has 0 aromatic rings. The van der Waals surface area contributed by atoms with Crippen LogP contribution in [0.5, 0.6) is 0 Å². The molecule has 0 unspecified atom stereocenters. The summed E-state index contributed by atoms with van der Waals surface area (Å²) < 4.78 is 40.7. The lowest BCUT2D eigenvalue weighted by atomic mass is 10.4. The molecule has 0 fully saturated rings. The molecule has 0 aromatic carbocycles. The quantitative estimate of drug-likeness (QED) is 0.304. The van der Waals surface area contributed by atoms with Crippen LogP contribution in [0.4, 0.5) is 13.2 Å². The molecule has 20 heavy (non-hydrogen) atoms. The second-order valence-electron chi connectivity index (χ2n) is 4.08. The highest BCUT2D eigenvalue weighted by Gasteiger charge is 2.26. The molecule has 0 saturated carbocycles. The summed E-state index contributed by atoms with van der Waals surface area (Å²) in [6.07, 6.45) is -5.20. The van der Waals surface area contributed by atoms with Crippen LogP contribution in [-0.4, -0.2) is 44.3 Å². The number of carbonyl (C=O) groups excluding carboxylic acids is 1. The van der Waals surface area contributed by atoms with Crippen LogP contribution in [-0.2, 0) is 9.53 Å². The maximum atomic E-state index is 11.9. The molecule has 0 rings (SSSR count). The van der Waals surface area contributed by atoms with Crippen LogP contribution >= 0.6 is 24.0 Å². The molecule has 0 aliphatic carbocycles. The highest BCUT2D eigenvalue weighted by Crippen LogP contribution is 2.17. The SMILES string of the molecule is CN=C(NCCC(=O)OC(C)C)NCCC(F)(F)F.I. The lowest BCUT2D eigenvalue weighted by Crippen LogP contribution is -2.39. The fourth-order valence-electron chi connectivity index (χ4n) is 1.15. The molecule has 0 saturated heterocycles. The van der Waals surface area contributed by atoms with Gasteiger partial charge in [-0.2, -0.15) is 13.2 Å². The molecule has 0 atom stereocenters. The fourth-order valence-corrected chi connectivity index (χ4v) is 1.15. The van der Waals surface area contributed by atoms with Gasteiger partial charge in [0.15, 0.2) is 5.96 Å². The number of aliphatic imine (C=N–C) groups is 1. The number of nitrogens with zero attached hydrogens (tertiary/aromatic N) is 1. The summed E-state index contributed by atoms with van der Waals surface area (Å²) in [6.45, 7) is 3.46. The summed E-state index contributed by atoms with van der Waals surface area (Å²) >= 11 is 0. The summed E-state index contributed by atoms with van der Waals surface area (Å²) in [4.78, 5) is 14.9. The van der Waals surface area contributed by atoms with Crippen molar-refractivity contribution in [2.45, 2.75) is 39.0 Å². The van der Waals surface area contributed by atoms with Crippen LogP contribution in [0.25, 0.3) is 0 Å². The average molecular weight is 411 g/mol. The zero-order chi connectivity index (χ0) is 14.9. The molecule has 120 valence electrons. The molecule has 0 spiro atoms. The number of alkyl halides is 3. The summed E-state index contributed by atoms with van der Waals surface area (Å²) in [6, 6.07) is 0. The van der Waals surface area contributed by atoms with Crippen molar-refractivity contribution in [3.8, 4) is 0 Å². The third-order valence-corrected chi connectivity index (χ3v) is 1.91. The lowest BCUT2D eigenvalue weighted by Gasteiger charge is -2.13. The minimum absolute atomic E-state index is 0. The predicted molar refractivity (Wildman–Crippen MR) is 81.3 cm³/mol. The first-order chi connectivity index (χ1) is 8.74.